The summed E-state index contributed by atoms with van der Waals surface area (Å²) < 4.78 is 5.44. The molecule has 344 valence electrons. The standard InChI is InChI=1S/C53H97NO5/c1-3-5-7-9-11-13-15-17-19-23-27-31-35-39-43-47-53(58)59-48-44-40-36-32-28-24-20-22-26-30-34-38-42-46-52(57)54-50(49-55)51(56)45-41-37-33-29-25-21-18-16-14-12-10-8-6-4-2/h17,19,22,26,34,38,41,45,50-51,55-56H,3-16,18,20-21,23-25,27-33,35-37,39-40,42-44,46-49H2,1-2H3,(H,54,57)/b19-17-,26-22-,38-34-,45-41+. The molecule has 0 aliphatic rings. The summed E-state index contributed by atoms with van der Waals surface area (Å²) in [6.07, 6.45) is 59.8. The summed E-state index contributed by atoms with van der Waals surface area (Å²) in [5, 5.41) is 22.9. The van der Waals surface area contributed by atoms with E-state index in [9.17, 15) is 19.8 Å². The molecule has 0 spiro atoms. The molecule has 6 nitrogen and oxygen atoms in total. The normalized spacial score (nSPS) is 13.1. The number of unbranched alkanes of at least 4 members (excludes halogenated alkanes) is 29. The summed E-state index contributed by atoms with van der Waals surface area (Å²) in [6, 6.07) is -0.672. The van der Waals surface area contributed by atoms with Crippen molar-refractivity contribution < 1.29 is 24.5 Å². The molecule has 0 rings (SSSR count). The van der Waals surface area contributed by atoms with Crippen molar-refractivity contribution in [2.24, 2.45) is 0 Å². The predicted octanol–water partition coefficient (Wildman–Crippen LogP) is 15.1. The zero-order valence-electron chi connectivity index (χ0n) is 39.0. The number of ether oxygens (including phenoxy) is 1. The quantitative estimate of drug-likeness (QED) is 0.0323. The van der Waals surface area contributed by atoms with E-state index in [-0.39, 0.29) is 18.5 Å². The number of hydrogen-bond acceptors (Lipinski definition) is 5. The summed E-state index contributed by atoms with van der Waals surface area (Å²) >= 11 is 0. The Kier molecular flexibility index (Phi) is 46.7. The van der Waals surface area contributed by atoms with E-state index in [1.54, 1.807) is 6.08 Å². The van der Waals surface area contributed by atoms with Crippen LogP contribution in [0, 0.1) is 0 Å². The Bertz CT molecular complexity index is 1000. The van der Waals surface area contributed by atoms with Crippen LogP contribution in [-0.4, -0.2) is 47.4 Å². The molecule has 0 aromatic heterocycles. The second-order valence-corrected chi connectivity index (χ2v) is 17.1. The van der Waals surface area contributed by atoms with Gasteiger partial charge in [-0.3, -0.25) is 9.59 Å². The minimum Gasteiger partial charge on any atom is -0.466 e. The van der Waals surface area contributed by atoms with E-state index in [2.05, 4.69) is 49.5 Å². The van der Waals surface area contributed by atoms with Gasteiger partial charge in [0.15, 0.2) is 0 Å². The molecule has 59 heavy (non-hydrogen) atoms. The van der Waals surface area contributed by atoms with Gasteiger partial charge >= 0.3 is 5.97 Å². The molecule has 1 amide bonds. The third-order valence-electron chi connectivity index (χ3n) is 11.3. The highest BCUT2D eigenvalue weighted by atomic mass is 16.5. The van der Waals surface area contributed by atoms with Gasteiger partial charge in [0.05, 0.1) is 25.4 Å². The summed E-state index contributed by atoms with van der Waals surface area (Å²) in [4.78, 5) is 24.4. The second-order valence-electron chi connectivity index (χ2n) is 17.1. The number of carbonyl (C=O) groups excluding carboxylic acids is 2. The monoisotopic (exact) mass is 828 g/mol. The summed E-state index contributed by atoms with van der Waals surface area (Å²) in [5.74, 6) is -0.178. The van der Waals surface area contributed by atoms with E-state index in [0.29, 0.717) is 25.9 Å². The minimum atomic E-state index is -0.879. The highest BCUT2D eigenvalue weighted by Crippen LogP contribution is 2.14. The van der Waals surface area contributed by atoms with Gasteiger partial charge in [0.2, 0.25) is 5.91 Å². The van der Waals surface area contributed by atoms with Crippen LogP contribution in [0.2, 0.25) is 0 Å². The first-order valence-electron chi connectivity index (χ1n) is 25.4. The number of nitrogens with one attached hydrogen (secondary N) is 1. The van der Waals surface area contributed by atoms with Crippen molar-refractivity contribution in [1.29, 1.82) is 0 Å². The lowest BCUT2D eigenvalue weighted by Crippen LogP contribution is -2.45. The average molecular weight is 828 g/mol. The largest absolute Gasteiger partial charge is 0.466 e. The number of hydrogen-bond donors (Lipinski definition) is 3. The maximum Gasteiger partial charge on any atom is 0.305 e. The first kappa shape index (κ1) is 56.8. The molecule has 0 saturated heterocycles. The lowest BCUT2D eigenvalue weighted by atomic mass is 10.0. The summed E-state index contributed by atoms with van der Waals surface area (Å²) in [6.45, 7) is 4.81. The van der Waals surface area contributed by atoms with Crippen molar-refractivity contribution >= 4 is 11.9 Å². The van der Waals surface area contributed by atoms with Crippen LogP contribution in [0.25, 0.3) is 0 Å². The zero-order valence-corrected chi connectivity index (χ0v) is 39.0. The number of allylic oxidation sites excluding steroid dienone is 7. The Morgan fingerprint density at radius 2 is 0.864 bits per heavy atom. The van der Waals surface area contributed by atoms with E-state index in [4.69, 9.17) is 4.74 Å². The van der Waals surface area contributed by atoms with Gasteiger partial charge in [-0.15, -0.1) is 0 Å². The van der Waals surface area contributed by atoms with E-state index < -0.39 is 12.1 Å². The van der Waals surface area contributed by atoms with Gasteiger partial charge in [-0.25, -0.2) is 0 Å². The van der Waals surface area contributed by atoms with Crippen molar-refractivity contribution in [2.45, 2.75) is 264 Å². The molecule has 0 heterocycles. The van der Waals surface area contributed by atoms with Crippen LogP contribution in [0.15, 0.2) is 48.6 Å². The molecule has 0 aromatic rings. The Morgan fingerprint density at radius 3 is 1.34 bits per heavy atom. The second kappa shape index (κ2) is 48.5. The molecule has 0 aliphatic heterocycles. The molecule has 0 aromatic carbocycles. The molecular formula is C53H97NO5. The number of rotatable bonds is 46. The number of amides is 1. The third kappa shape index (κ3) is 45.2. The van der Waals surface area contributed by atoms with Crippen LogP contribution in [-0.2, 0) is 14.3 Å². The Labute approximate surface area is 366 Å². The smallest absolute Gasteiger partial charge is 0.305 e. The summed E-state index contributed by atoms with van der Waals surface area (Å²) in [7, 11) is 0. The highest BCUT2D eigenvalue weighted by molar-refractivity contribution is 5.76. The molecule has 0 fully saturated rings. The molecule has 0 bridgehead atoms. The van der Waals surface area contributed by atoms with Crippen LogP contribution in [0.4, 0.5) is 0 Å². The Balaban J connectivity index is 3.60. The van der Waals surface area contributed by atoms with Gasteiger partial charge in [0.25, 0.3) is 0 Å². The molecule has 0 saturated carbocycles. The zero-order chi connectivity index (χ0) is 43.0. The lowest BCUT2D eigenvalue weighted by Gasteiger charge is -2.19. The van der Waals surface area contributed by atoms with E-state index in [1.807, 2.05) is 12.2 Å². The van der Waals surface area contributed by atoms with Crippen molar-refractivity contribution in [3.8, 4) is 0 Å². The van der Waals surface area contributed by atoms with Crippen LogP contribution in [0.1, 0.15) is 251 Å². The number of esters is 1. The van der Waals surface area contributed by atoms with E-state index >= 15 is 0 Å². The third-order valence-corrected chi connectivity index (χ3v) is 11.3. The minimum absolute atomic E-state index is 0.0274. The molecule has 2 atom stereocenters. The number of aliphatic hydroxyl groups excluding tert-OH is 2. The van der Waals surface area contributed by atoms with E-state index in [1.165, 1.54) is 167 Å². The Morgan fingerprint density at radius 1 is 0.475 bits per heavy atom. The summed E-state index contributed by atoms with van der Waals surface area (Å²) in [5.41, 5.74) is 0. The fourth-order valence-corrected chi connectivity index (χ4v) is 7.38. The van der Waals surface area contributed by atoms with Gasteiger partial charge in [-0.05, 0) is 77.0 Å². The van der Waals surface area contributed by atoms with E-state index in [0.717, 1.165) is 51.4 Å². The number of carbonyl (C=O) groups is 2. The van der Waals surface area contributed by atoms with Gasteiger partial charge in [-0.1, -0.05) is 210 Å². The van der Waals surface area contributed by atoms with Gasteiger partial charge in [0, 0.05) is 12.8 Å². The lowest BCUT2D eigenvalue weighted by molar-refractivity contribution is -0.143. The predicted molar refractivity (Wildman–Crippen MR) is 255 cm³/mol. The SMILES string of the molecule is CCCCCCCC/C=C\CCCCCCCC(=O)OCCCCCCCC/C=C\C/C=C\CCC(=O)NC(CO)C(O)/C=C/CCCCCCCCCCCCCC. The molecule has 6 heteroatoms. The van der Waals surface area contributed by atoms with Crippen molar-refractivity contribution in [3.63, 3.8) is 0 Å². The van der Waals surface area contributed by atoms with Gasteiger partial charge in [0.1, 0.15) is 0 Å². The van der Waals surface area contributed by atoms with Gasteiger partial charge in [-0.2, -0.15) is 0 Å². The van der Waals surface area contributed by atoms with Gasteiger partial charge < -0.3 is 20.3 Å². The van der Waals surface area contributed by atoms with Crippen molar-refractivity contribution in [2.75, 3.05) is 13.2 Å². The van der Waals surface area contributed by atoms with Crippen LogP contribution < -0.4 is 5.32 Å². The molecule has 2 unspecified atom stereocenters. The molecular weight excluding hydrogens is 731 g/mol. The fourth-order valence-electron chi connectivity index (χ4n) is 7.38. The molecule has 0 aliphatic carbocycles. The van der Waals surface area contributed by atoms with Crippen LogP contribution in [0.3, 0.4) is 0 Å². The number of aliphatic hydroxyl groups is 2. The average Bonchev–Trinajstić information content (AvgIpc) is 3.24. The van der Waals surface area contributed by atoms with Crippen LogP contribution >= 0.6 is 0 Å². The van der Waals surface area contributed by atoms with Crippen LogP contribution in [0.5, 0.6) is 0 Å². The van der Waals surface area contributed by atoms with Crippen molar-refractivity contribution in [3.05, 3.63) is 48.6 Å². The molecule has 0 radical (unpaired) electrons. The maximum absolute atomic E-state index is 12.4. The Hall–Kier alpha value is -2.18. The topological polar surface area (TPSA) is 95.9 Å². The first-order chi connectivity index (χ1) is 29.0. The van der Waals surface area contributed by atoms with Crippen molar-refractivity contribution in [1.82, 2.24) is 5.32 Å². The first-order valence-corrected chi connectivity index (χ1v) is 25.4. The highest BCUT2D eigenvalue weighted by Gasteiger charge is 2.17. The fraction of sp³-hybridized carbons (Fsp3) is 0.811. The molecule has 3 N–H and O–H groups in total. The maximum atomic E-state index is 12.4.